The standard InChI is InChI=1S/C32H29ClN2O6S/c1-5-40-23-14-12-19(16-22(23)33)17-26-30(36)35-29(21-13-15-24(38-3)25(18-21)39-4)27(31(37)41-6-2)28(34-32(35)42-26)20-10-8-7-9-11-20/h7-18,29H,5-6H2,1-4H3/b26-17-/t29-/m0/s1. The number of thiazole rings is 1. The Morgan fingerprint density at radius 1 is 0.976 bits per heavy atom. The van der Waals surface area contributed by atoms with Crippen LogP contribution in [0, 0.1) is 0 Å². The largest absolute Gasteiger partial charge is 0.493 e. The third-order valence-electron chi connectivity index (χ3n) is 6.65. The topological polar surface area (TPSA) is 88.4 Å². The Morgan fingerprint density at radius 2 is 1.71 bits per heavy atom. The van der Waals surface area contributed by atoms with E-state index in [4.69, 9.17) is 35.5 Å². The van der Waals surface area contributed by atoms with Crippen LogP contribution in [0.25, 0.3) is 11.8 Å². The second-order valence-electron chi connectivity index (χ2n) is 9.17. The van der Waals surface area contributed by atoms with Gasteiger partial charge in [-0.3, -0.25) is 9.36 Å². The van der Waals surface area contributed by atoms with Crippen molar-refractivity contribution in [2.75, 3.05) is 27.4 Å². The first-order valence-electron chi connectivity index (χ1n) is 13.3. The molecule has 5 rings (SSSR count). The summed E-state index contributed by atoms with van der Waals surface area (Å²) >= 11 is 7.65. The van der Waals surface area contributed by atoms with Crippen molar-refractivity contribution in [3.63, 3.8) is 0 Å². The zero-order valence-corrected chi connectivity index (χ0v) is 25.1. The average molecular weight is 605 g/mol. The molecule has 0 unspecified atom stereocenters. The molecule has 1 aromatic heterocycles. The molecule has 1 aliphatic heterocycles. The number of hydrogen-bond acceptors (Lipinski definition) is 8. The minimum absolute atomic E-state index is 0.159. The Kier molecular flexibility index (Phi) is 8.80. The van der Waals surface area contributed by atoms with Gasteiger partial charge in [0.15, 0.2) is 16.3 Å². The molecule has 0 bridgehead atoms. The quantitative estimate of drug-likeness (QED) is 0.250. The number of benzene rings is 3. The summed E-state index contributed by atoms with van der Waals surface area (Å²) in [6, 6.07) is 19.2. The molecular formula is C32H29ClN2O6S. The Hall–Kier alpha value is -4.34. The zero-order valence-electron chi connectivity index (χ0n) is 23.5. The Balaban J connectivity index is 1.80. The SMILES string of the molecule is CCOC(=O)C1=C(c2ccccc2)N=c2s/c(=C\c3ccc(OCC)c(Cl)c3)c(=O)n2[C@H]1c1ccc(OC)c(OC)c1. The first-order valence-corrected chi connectivity index (χ1v) is 14.5. The Morgan fingerprint density at radius 3 is 2.38 bits per heavy atom. The van der Waals surface area contributed by atoms with Crippen LogP contribution >= 0.6 is 22.9 Å². The fourth-order valence-electron chi connectivity index (χ4n) is 4.81. The van der Waals surface area contributed by atoms with Gasteiger partial charge in [-0.05, 0) is 55.3 Å². The third-order valence-corrected chi connectivity index (χ3v) is 7.93. The van der Waals surface area contributed by atoms with E-state index < -0.39 is 12.0 Å². The second-order valence-corrected chi connectivity index (χ2v) is 10.6. The molecule has 0 saturated heterocycles. The third kappa shape index (κ3) is 5.57. The van der Waals surface area contributed by atoms with Gasteiger partial charge in [-0.15, -0.1) is 0 Å². The van der Waals surface area contributed by atoms with Crippen LogP contribution in [0.5, 0.6) is 17.2 Å². The fourth-order valence-corrected chi connectivity index (χ4v) is 6.05. The lowest BCUT2D eigenvalue weighted by Gasteiger charge is -2.26. The molecule has 0 radical (unpaired) electrons. The number of rotatable bonds is 9. The fraction of sp³-hybridized carbons (Fsp3) is 0.219. The number of ether oxygens (including phenoxy) is 4. The van der Waals surface area contributed by atoms with E-state index in [9.17, 15) is 9.59 Å². The summed E-state index contributed by atoms with van der Waals surface area (Å²) in [5, 5.41) is 0.442. The lowest BCUT2D eigenvalue weighted by atomic mass is 9.93. The molecule has 10 heteroatoms. The first kappa shape index (κ1) is 29.2. The monoisotopic (exact) mass is 604 g/mol. The van der Waals surface area contributed by atoms with Crippen LogP contribution in [0.2, 0.25) is 5.02 Å². The van der Waals surface area contributed by atoms with Crippen LogP contribution in [0.4, 0.5) is 0 Å². The maximum atomic E-state index is 14.1. The van der Waals surface area contributed by atoms with Crippen molar-refractivity contribution in [2.45, 2.75) is 19.9 Å². The number of halogens is 1. The van der Waals surface area contributed by atoms with Gasteiger partial charge in [0.2, 0.25) is 0 Å². The second kappa shape index (κ2) is 12.7. The minimum Gasteiger partial charge on any atom is -0.493 e. The minimum atomic E-state index is -0.846. The average Bonchev–Trinajstić information content (AvgIpc) is 3.32. The molecular weight excluding hydrogens is 576 g/mol. The van der Waals surface area contributed by atoms with Crippen LogP contribution in [-0.4, -0.2) is 38.0 Å². The van der Waals surface area contributed by atoms with Crippen molar-refractivity contribution in [3.8, 4) is 17.2 Å². The number of methoxy groups -OCH3 is 2. The van der Waals surface area contributed by atoms with E-state index in [0.717, 1.165) is 11.1 Å². The summed E-state index contributed by atoms with van der Waals surface area (Å²) in [7, 11) is 3.08. The molecule has 4 aromatic rings. The molecule has 0 aliphatic carbocycles. The Labute approximate surface area is 251 Å². The molecule has 2 heterocycles. The van der Waals surface area contributed by atoms with Crippen molar-refractivity contribution < 1.29 is 23.7 Å². The van der Waals surface area contributed by atoms with Crippen LogP contribution in [-0.2, 0) is 9.53 Å². The van der Waals surface area contributed by atoms with E-state index in [0.29, 0.717) is 49.5 Å². The van der Waals surface area contributed by atoms with E-state index in [1.165, 1.54) is 23.0 Å². The summed E-state index contributed by atoms with van der Waals surface area (Å²) in [6.07, 6.45) is 1.76. The summed E-state index contributed by atoms with van der Waals surface area (Å²) in [5.74, 6) is 0.985. The van der Waals surface area contributed by atoms with Gasteiger partial charge in [0, 0.05) is 5.56 Å². The molecule has 0 spiro atoms. The van der Waals surface area contributed by atoms with E-state index in [1.807, 2.05) is 49.4 Å². The normalized spacial score (nSPS) is 14.7. The van der Waals surface area contributed by atoms with Gasteiger partial charge in [-0.1, -0.05) is 65.4 Å². The molecule has 0 N–H and O–H groups in total. The molecule has 0 saturated carbocycles. The molecule has 3 aromatic carbocycles. The van der Waals surface area contributed by atoms with Crippen LogP contribution in [0.1, 0.15) is 36.6 Å². The van der Waals surface area contributed by atoms with Crippen molar-refractivity contribution >= 4 is 40.7 Å². The highest BCUT2D eigenvalue weighted by molar-refractivity contribution is 7.07. The molecule has 1 aliphatic rings. The molecule has 42 heavy (non-hydrogen) atoms. The number of fused-ring (bicyclic) bond motifs is 1. The first-order chi connectivity index (χ1) is 20.4. The lowest BCUT2D eigenvalue weighted by Crippen LogP contribution is -2.40. The summed E-state index contributed by atoms with van der Waals surface area (Å²) in [6.45, 7) is 4.27. The van der Waals surface area contributed by atoms with E-state index >= 15 is 0 Å². The van der Waals surface area contributed by atoms with Gasteiger partial charge in [0.1, 0.15) is 5.75 Å². The van der Waals surface area contributed by atoms with Gasteiger partial charge < -0.3 is 18.9 Å². The summed E-state index contributed by atoms with van der Waals surface area (Å²) < 4.78 is 24.0. The van der Waals surface area contributed by atoms with Crippen LogP contribution < -0.4 is 29.1 Å². The highest BCUT2D eigenvalue weighted by Gasteiger charge is 2.35. The smallest absolute Gasteiger partial charge is 0.338 e. The van der Waals surface area contributed by atoms with Crippen molar-refractivity contribution in [3.05, 3.63) is 114 Å². The summed E-state index contributed by atoms with van der Waals surface area (Å²) in [5.41, 5.74) is 2.46. The van der Waals surface area contributed by atoms with Gasteiger partial charge >= 0.3 is 5.97 Å². The molecule has 216 valence electrons. The molecule has 1 atom stereocenters. The van der Waals surface area contributed by atoms with Crippen molar-refractivity contribution in [1.29, 1.82) is 0 Å². The van der Waals surface area contributed by atoms with E-state index in [1.54, 1.807) is 44.4 Å². The number of carbonyl (C=O) groups is 1. The van der Waals surface area contributed by atoms with Gasteiger partial charge in [-0.2, -0.15) is 0 Å². The summed E-state index contributed by atoms with van der Waals surface area (Å²) in [4.78, 5) is 33.0. The number of esters is 1. The van der Waals surface area contributed by atoms with Crippen LogP contribution in [0.15, 0.2) is 82.1 Å². The number of carbonyl (C=O) groups excluding carboxylic acids is 1. The molecule has 0 amide bonds. The predicted molar refractivity (Wildman–Crippen MR) is 163 cm³/mol. The van der Waals surface area contributed by atoms with Crippen molar-refractivity contribution in [2.24, 2.45) is 4.99 Å². The lowest BCUT2D eigenvalue weighted by molar-refractivity contribution is -0.138. The maximum Gasteiger partial charge on any atom is 0.338 e. The van der Waals surface area contributed by atoms with Crippen LogP contribution in [0.3, 0.4) is 0 Å². The van der Waals surface area contributed by atoms with Crippen molar-refractivity contribution in [1.82, 2.24) is 4.57 Å². The van der Waals surface area contributed by atoms with Gasteiger partial charge in [0.05, 0.1) is 54.3 Å². The predicted octanol–water partition coefficient (Wildman–Crippen LogP) is 5.00. The van der Waals surface area contributed by atoms with Gasteiger partial charge in [0.25, 0.3) is 5.56 Å². The van der Waals surface area contributed by atoms with Gasteiger partial charge in [-0.25, -0.2) is 9.79 Å². The molecule has 8 nitrogen and oxygen atoms in total. The maximum absolute atomic E-state index is 14.1. The Bertz CT molecular complexity index is 1840. The number of nitrogens with zero attached hydrogens (tertiary/aromatic N) is 2. The van der Waals surface area contributed by atoms with E-state index in [2.05, 4.69) is 0 Å². The number of aromatic nitrogens is 1. The highest BCUT2D eigenvalue weighted by atomic mass is 35.5. The number of hydrogen-bond donors (Lipinski definition) is 0. The molecule has 0 fully saturated rings. The highest BCUT2D eigenvalue weighted by Crippen LogP contribution is 2.38. The zero-order chi connectivity index (χ0) is 29.8. The van der Waals surface area contributed by atoms with E-state index in [-0.39, 0.29) is 17.7 Å².